The number of H-pyrrole nitrogens is 1. The van der Waals surface area contributed by atoms with Crippen LogP contribution in [0, 0.1) is 5.82 Å². The zero-order valence-corrected chi connectivity index (χ0v) is 18.0. The summed E-state index contributed by atoms with van der Waals surface area (Å²) in [5.74, 6) is 0.299. The second kappa shape index (κ2) is 8.01. The molecule has 5 rings (SSSR count). The third-order valence-corrected chi connectivity index (χ3v) is 5.48. The standard InChI is InChI=1S/C23H14BrFN4O3/c24-16-3-1-2-14(10-16)20-27-21(32-28-20)15-6-9-18-19(11-15)26-23(31)29(22(18)30)12-13-4-7-17(25)8-5-13/h1-11H,12H2,(H,26,31). The fourth-order valence-corrected chi connectivity index (χ4v) is 3.79. The molecule has 0 fully saturated rings. The number of benzene rings is 3. The maximum absolute atomic E-state index is 13.1. The summed E-state index contributed by atoms with van der Waals surface area (Å²) in [7, 11) is 0. The van der Waals surface area contributed by atoms with E-state index in [2.05, 4.69) is 31.1 Å². The molecule has 2 heterocycles. The Morgan fingerprint density at radius 1 is 1.00 bits per heavy atom. The van der Waals surface area contributed by atoms with Crippen molar-refractivity contribution in [2.24, 2.45) is 0 Å². The molecule has 5 aromatic rings. The van der Waals surface area contributed by atoms with Crippen LogP contribution in [0.1, 0.15) is 5.56 Å². The number of rotatable bonds is 4. The number of nitrogens with one attached hydrogen (secondary N) is 1. The number of fused-ring (bicyclic) bond motifs is 1. The van der Waals surface area contributed by atoms with Gasteiger partial charge in [-0.3, -0.25) is 9.36 Å². The summed E-state index contributed by atoms with van der Waals surface area (Å²) >= 11 is 3.41. The fraction of sp³-hybridized carbons (Fsp3) is 0.0435. The Balaban J connectivity index is 1.52. The first-order valence-corrected chi connectivity index (χ1v) is 10.4. The highest BCUT2D eigenvalue weighted by Crippen LogP contribution is 2.25. The SMILES string of the molecule is O=c1[nH]c2cc(-c3nc(-c4cccc(Br)c4)no3)ccc2c(=O)n1Cc1ccc(F)cc1. The van der Waals surface area contributed by atoms with Gasteiger partial charge in [-0.15, -0.1) is 0 Å². The van der Waals surface area contributed by atoms with E-state index in [4.69, 9.17) is 4.52 Å². The molecule has 3 aromatic carbocycles. The van der Waals surface area contributed by atoms with E-state index in [1.54, 1.807) is 18.2 Å². The van der Waals surface area contributed by atoms with Gasteiger partial charge < -0.3 is 9.51 Å². The molecule has 0 atom stereocenters. The summed E-state index contributed by atoms with van der Waals surface area (Å²) in [6.07, 6.45) is 0. The third kappa shape index (κ3) is 3.78. The largest absolute Gasteiger partial charge is 0.334 e. The first-order valence-electron chi connectivity index (χ1n) is 9.59. The first kappa shape index (κ1) is 20.1. The van der Waals surface area contributed by atoms with Gasteiger partial charge in [0.25, 0.3) is 11.4 Å². The maximum Gasteiger partial charge on any atom is 0.329 e. The van der Waals surface area contributed by atoms with E-state index in [0.29, 0.717) is 27.9 Å². The third-order valence-electron chi connectivity index (χ3n) is 4.99. The molecule has 0 spiro atoms. The summed E-state index contributed by atoms with van der Waals surface area (Å²) in [6, 6.07) is 18.1. The van der Waals surface area contributed by atoms with E-state index < -0.39 is 11.2 Å². The van der Waals surface area contributed by atoms with Gasteiger partial charge in [0.05, 0.1) is 17.4 Å². The molecular weight excluding hydrogens is 479 g/mol. The highest BCUT2D eigenvalue weighted by atomic mass is 79.9. The highest BCUT2D eigenvalue weighted by molar-refractivity contribution is 9.10. The fourth-order valence-electron chi connectivity index (χ4n) is 3.39. The van der Waals surface area contributed by atoms with Gasteiger partial charge in [-0.1, -0.05) is 45.4 Å². The zero-order chi connectivity index (χ0) is 22.2. The first-order chi connectivity index (χ1) is 15.5. The maximum atomic E-state index is 13.1. The smallest absolute Gasteiger partial charge is 0.329 e. The molecule has 0 aliphatic carbocycles. The van der Waals surface area contributed by atoms with Gasteiger partial charge in [-0.25, -0.2) is 9.18 Å². The molecule has 158 valence electrons. The molecule has 32 heavy (non-hydrogen) atoms. The molecule has 2 aromatic heterocycles. The topological polar surface area (TPSA) is 93.8 Å². The minimum Gasteiger partial charge on any atom is -0.334 e. The lowest BCUT2D eigenvalue weighted by molar-refractivity contribution is 0.432. The van der Waals surface area contributed by atoms with Crippen molar-refractivity contribution >= 4 is 26.8 Å². The number of nitrogens with zero attached hydrogens (tertiary/aromatic N) is 3. The van der Waals surface area contributed by atoms with Gasteiger partial charge in [-0.05, 0) is 48.0 Å². The molecule has 7 nitrogen and oxygen atoms in total. The summed E-state index contributed by atoms with van der Waals surface area (Å²) in [5.41, 5.74) is 1.34. The van der Waals surface area contributed by atoms with Crippen molar-refractivity contribution in [2.75, 3.05) is 0 Å². The predicted molar refractivity (Wildman–Crippen MR) is 121 cm³/mol. The van der Waals surface area contributed by atoms with Gasteiger partial charge in [0.1, 0.15) is 5.82 Å². The molecule has 0 amide bonds. The lowest BCUT2D eigenvalue weighted by atomic mass is 10.1. The van der Waals surface area contributed by atoms with E-state index in [1.807, 2.05) is 24.3 Å². The van der Waals surface area contributed by atoms with Gasteiger partial charge in [0.2, 0.25) is 5.82 Å². The second-order valence-corrected chi connectivity index (χ2v) is 8.06. The number of halogens is 2. The Kier molecular flexibility index (Phi) is 5.02. The Morgan fingerprint density at radius 2 is 1.81 bits per heavy atom. The molecule has 0 bridgehead atoms. The van der Waals surface area contributed by atoms with Crippen LogP contribution in [0.15, 0.2) is 85.3 Å². The van der Waals surface area contributed by atoms with Gasteiger partial charge in [-0.2, -0.15) is 4.98 Å². The Morgan fingerprint density at radius 3 is 2.59 bits per heavy atom. The Labute approximate surface area is 188 Å². The van der Waals surface area contributed by atoms with E-state index in [0.717, 1.165) is 14.6 Å². The van der Waals surface area contributed by atoms with Crippen LogP contribution in [-0.2, 0) is 6.54 Å². The number of aromatic nitrogens is 4. The highest BCUT2D eigenvalue weighted by Gasteiger charge is 2.14. The summed E-state index contributed by atoms with van der Waals surface area (Å²) < 4.78 is 20.5. The minimum atomic E-state index is -0.565. The van der Waals surface area contributed by atoms with Crippen molar-refractivity contribution in [3.05, 3.63) is 103 Å². The molecule has 0 aliphatic rings. The van der Waals surface area contributed by atoms with Crippen LogP contribution < -0.4 is 11.2 Å². The summed E-state index contributed by atoms with van der Waals surface area (Å²) in [6.45, 7) is 0.0335. The predicted octanol–water partition coefficient (Wildman–Crippen LogP) is 4.36. The van der Waals surface area contributed by atoms with Gasteiger partial charge in [0.15, 0.2) is 0 Å². The van der Waals surface area contributed by atoms with Crippen molar-refractivity contribution < 1.29 is 8.91 Å². The van der Waals surface area contributed by atoms with E-state index in [1.165, 1.54) is 24.3 Å². The van der Waals surface area contributed by atoms with Crippen LogP contribution in [0.2, 0.25) is 0 Å². The monoisotopic (exact) mass is 492 g/mol. The van der Waals surface area contributed by atoms with Crippen LogP contribution >= 0.6 is 15.9 Å². The van der Waals surface area contributed by atoms with Crippen LogP contribution in [0.3, 0.4) is 0 Å². The van der Waals surface area contributed by atoms with Crippen molar-refractivity contribution in [2.45, 2.75) is 6.54 Å². The van der Waals surface area contributed by atoms with Crippen molar-refractivity contribution in [3.63, 3.8) is 0 Å². The van der Waals surface area contributed by atoms with Gasteiger partial charge in [0, 0.05) is 15.6 Å². The average molecular weight is 493 g/mol. The molecule has 0 saturated heterocycles. The van der Waals surface area contributed by atoms with Crippen molar-refractivity contribution in [1.29, 1.82) is 0 Å². The lowest BCUT2D eigenvalue weighted by Gasteiger charge is -2.07. The van der Waals surface area contributed by atoms with E-state index >= 15 is 0 Å². The van der Waals surface area contributed by atoms with E-state index in [9.17, 15) is 14.0 Å². The summed E-state index contributed by atoms with van der Waals surface area (Å²) in [4.78, 5) is 32.6. The molecule has 0 saturated carbocycles. The lowest BCUT2D eigenvalue weighted by Crippen LogP contribution is -2.35. The van der Waals surface area contributed by atoms with Gasteiger partial charge >= 0.3 is 5.69 Å². The molecular formula is C23H14BrFN4O3. The molecule has 0 radical (unpaired) electrons. The molecule has 0 aliphatic heterocycles. The van der Waals surface area contributed by atoms with Crippen molar-refractivity contribution in [1.82, 2.24) is 19.7 Å². The number of hydrogen-bond acceptors (Lipinski definition) is 5. The normalized spacial score (nSPS) is 11.2. The van der Waals surface area contributed by atoms with Crippen LogP contribution in [0.4, 0.5) is 4.39 Å². The Bertz CT molecular complexity index is 1570. The Hall–Kier alpha value is -3.85. The zero-order valence-electron chi connectivity index (χ0n) is 16.4. The van der Waals surface area contributed by atoms with Crippen molar-refractivity contribution in [3.8, 4) is 22.8 Å². The molecule has 1 N–H and O–H groups in total. The summed E-state index contributed by atoms with van der Waals surface area (Å²) in [5, 5.41) is 4.35. The minimum absolute atomic E-state index is 0.0335. The second-order valence-electron chi connectivity index (χ2n) is 7.14. The number of aromatic amines is 1. The van der Waals surface area contributed by atoms with Crippen LogP contribution in [0.5, 0.6) is 0 Å². The van der Waals surface area contributed by atoms with E-state index in [-0.39, 0.29) is 18.3 Å². The average Bonchev–Trinajstić information content (AvgIpc) is 3.28. The number of hydrogen-bond donors (Lipinski definition) is 1. The molecule has 0 unspecified atom stereocenters. The molecule has 9 heteroatoms. The quantitative estimate of drug-likeness (QED) is 0.402. The van der Waals surface area contributed by atoms with Crippen LogP contribution in [0.25, 0.3) is 33.7 Å². The van der Waals surface area contributed by atoms with Crippen LogP contribution in [-0.4, -0.2) is 19.7 Å².